The van der Waals surface area contributed by atoms with Crippen LogP contribution < -0.4 is 5.32 Å². The van der Waals surface area contributed by atoms with Gasteiger partial charge in [0.2, 0.25) is 5.91 Å². The van der Waals surface area contributed by atoms with Crippen LogP contribution in [0, 0.1) is 5.92 Å². The molecule has 0 aromatic rings. The van der Waals surface area contributed by atoms with Crippen molar-refractivity contribution >= 4 is 5.91 Å². The number of carbonyl (C=O) groups is 1. The van der Waals surface area contributed by atoms with Crippen molar-refractivity contribution in [3.05, 3.63) is 0 Å². The highest BCUT2D eigenvalue weighted by atomic mass is 16.5. The van der Waals surface area contributed by atoms with Crippen LogP contribution in [-0.4, -0.2) is 61.9 Å². The summed E-state index contributed by atoms with van der Waals surface area (Å²) in [5, 5.41) is 12.1. The van der Waals surface area contributed by atoms with Crippen LogP contribution in [0.3, 0.4) is 0 Å². The fourth-order valence-electron chi connectivity index (χ4n) is 1.77. The smallest absolute Gasteiger partial charge is 0.227 e. The number of nitrogens with zero attached hydrogens (tertiary/aromatic N) is 1. The van der Waals surface area contributed by atoms with E-state index in [-0.39, 0.29) is 24.5 Å². The third-order valence-corrected chi connectivity index (χ3v) is 2.65. The van der Waals surface area contributed by atoms with Gasteiger partial charge in [0.25, 0.3) is 0 Å². The minimum absolute atomic E-state index is 0.0297. The second-order valence-corrected chi connectivity index (χ2v) is 3.90. The van der Waals surface area contributed by atoms with E-state index in [9.17, 15) is 4.79 Å². The van der Waals surface area contributed by atoms with Crippen LogP contribution in [0.4, 0.5) is 0 Å². The maximum atomic E-state index is 12.0. The second-order valence-electron chi connectivity index (χ2n) is 3.90. The van der Waals surface area contributed by atoms with Crippen molar-refractivity contribution in [2.24, 2.45) is 5.92 Å². The molecule has 5 heteroatoms. The molecule has 0 aliphatic carbocycles. The highest BCUT2D eigenvalue weighted by Gasteiger charge is 2.29. The number of hydrogen-bond donors (Lipinski definition) is 2. The van der Waals surface area contributed by atoms with Crippen molar-refractivity contribution in [3.63, 3.8) is 0 Å². The number of rotatable bonds is 4. The largest absolute Gasteiger partial charge is 0.394 e. The van der Waals surface area contributed by atoms with Gasteiger partial charge in [0.15, 0.2) is 0 Å². The maximum absolute atomic E-state index is 12.0. The lowest BCUT2D eigenvalue weighted by molar-refractivity contribution is -0.145. The van der Waals surface area contributed by atoms with Gasteiger partial charge in [0.05, 0.1) is 25.9 Å². The third kappa shape index (κ3) is 3.15. The number of carbonyl (C=O) groups excluding carboxylic acids is 1. The molecule has 1 amide bonds. The molecule has 2 atom stereocenters. The van der Waals surface area contributed by atoms with Gasteiger partial charge < -0.3 is 20.1 Å². The average Bonchev–Trinajstić information content (AvgIpc) is 2.28. The van der Waals surface area contributed by atoms with E-state index in [1.54, 1.807) is 4.90 Å². The maximum Gasteiger partial charge on any atom is 0.227 e. The summed E-state index contributed by atoms with van der Waals surface area (Å²) in [6.07, 6.45) is 0. The van der Waals surface area contributed by atoms with Gasteiger partial charge in [-0.1, -0.05) is 6.92 Å². The zero-order valence-corrected chi connectivity index (χ0v) is 9.40. The Labute approximate surface area is 90.4 Å². The summed E-state index contributed by atoms with van der Waals surface area (Å²) in [4.78, 5) is 13.7. The van der Waals surface area contributed by atoms with E-state index < -0.39 is 0 Å². The van der Waals surface area contributed by atoms with E-state index in [1.165, 1.54) is 0 Å². The Hall–Kier alpha value is -0.650. The molecule has 1 rings (SSSR count). The molecule has 2 N–H and O–H groups in total. The van der Waals surface area contributed by atoms with Gasteiger partial charge in [0, 0.05) is 19.0 Å². The van der Waals surface area contributed by atoms with Crippen LogP contribution in [0.5, 0.6) is 0 Å². The number of hydrogen-bond acceptors (Lipinski definition) is 4. The molecule has 1 aliphatic rings. The summed E-state index contributed by atoms with van der Waals surface area (Å²) >= 11 is 0. The molecular formula is C10H20N2O3. The van der Waals surface area contributed by atoms with Crippen LogP contribution >= 0.6 is 0 Å². The minimum atomic E-state index is -0.175. The molecule has 1 fully saturated rings. The topological polar surface area (TPSA) is 61.8 Å². The highest BCUT2D eigenvalue weighted by molar-refractivity contribution is 5.79. The number of amides is 1. The van der Waals surface area contributed by atoms with Gasteiger partial charge in [-0.15, -0.1) is 0 Å². The van der Waals surface area contributed by atoms with Gasteiger partial charge in [-0.05, 0) is 7.05 Å². The van der Waals surface area contributed by atoms with Crippen molar-refractivity contribution in [2.45, 2.75) is 13.0 Å². The first-order valence-corrected chi connectivity index (χ1v) is 5.34. The summed E-state index contributed by atoms with van der Waals surface area (Å²) in [6, 6.07) is -0.175. The Morgan fingerprint density at radius 3 is 3.07 bits per heavy atom. The molecule has 5 nitrogen and oxygen atoms in total. The van der Waals surface area contributed by atoms with Gasteiger partial charge in [0.1, 0.15) is 0 Å². The summed E-state index contributed by atoms with van der Waals surface area (Å²) in [7, 11) is 1.83. The number of aliphatic hydroxyl groups excluding tert-OH is 1. The van der Waals surface area contributed by atoms with Crippen molar-refractivity contribution in [1.29, 1.82) is 0 Å². The lowest BCUT2D eigenvalue weighted by atomic mass is 10.1. The predicted octanol–water partition coefficient (Wildman–Crippen LogP) is -0.938. The monoisotopic (exact) mass is 216 g/mol. The van der Waals surface area contributed by atoms with Crippen molar-refractivity contribution in [3.8, 4) is 0 Å². The molecule has 2 unspecified atom stereocenters. The Morgan fingerprint density at radius 1 is 1.73 bits per heavy atom. The molecule has 1 saturated heterocycles. The summed E-state index contributed by atoms with van der Waals surface area (Å²) in [6.45, 7) is 4.11. The number of nitrogens with one attached hydrogen (secondary N) is 1. The van der Waals surface area contributed by atoms with Gasteiger partial charge in [-0.2, -0.15) is 0 Å². The number of aliphatic hydroxyl groups is 1. The summed E-state index contributed by atoms with van der Waals surface area (Å²) in [5.74, 6) is 0.0360. The first-order chi connectivity index (χ1) is 7.20. The SMILES string of the molecule is CNCC(C)C(=O)N1CCOCC1CO. The second kappa shape index (κ2) is 6.05. The van der Waals surface area contributed by atoms with E-state index in [0.29, 0.717) is 26.3 Å². The van der Waals surface area contributed by atoms with E-state index in [0.717, 1.165) is 0 Å². The summed E-state index contributed by atoms with van der Waals surface area (Å²) in [5.41, 5.74) is 0. The predicted molar refractivity (Wildman–Crippen MR) is 56.5 cm³/mol. The minimum Gasteiger partial charge on any atom is -0.394 e. The highest BCUT2D eigenvalue weighted by Crippen LogP contribution is 2.10. The molecular weight excluding hydrogens is 196 g/mol. The van der Waals surface area contributed by atoms with Gasteiger partial charge in [-0.3, -0.25) is 4.79 Å². The third-order valence-electron chi connectivity index (χ3n) is 2.65. The standard InChI is InChI=1S/C10H20N2O3/c1-8(5-11-2)10(14)12-3-4-15-7-9(12)6-13/h8-9,11,13H,3-7H2,1-2H3. The zero-order valence-electron chi connectivity index (χ0n) is 9.40. The van der Waals surface area contributed by atoms with Crippen LogP contribution in [0.1, 0.15) is 6.92 Å². The lowest BCUT2D eigenvalue weighted by Gasteiger charge is -2.36. The Morgan fingerprint density at radius 2 is 2.47 bits per heavy atom. The van der Waals surface area contributed by atoms with E-state index in [4.69, 9.17) is 9.84 Å². The molecule has 0 spiro atoms. The Balaban J connectivity index is 2.55. The van der Waals surface area contributed by atoms with Crippen LogP contribution in [0.15, 0.2) is 0 Å². The average molecular weight is 216 g/mol. The quantitative estimate of drug-likeness (QED) is 0.637. The Bertz CT molecular complexity index is 211. The molecule has 0 saturated carbocycles. The zero-order chi connectivity index (χ0) is 11.3. The molecule has 15 heavy (non-hydrogen) atoms. The summed E-state index contributed by atoms with van der Waals surface area (Å²) < 4.78 is 5.22. The number of ether oxygens (including phenoxy) is 1. The van der Waals surface area contributed by atoms with Crippen LogP contribution in [-0.2, 0) is 9.53 Å². The number of morpholine rings is 1. The molecule has 0 aromatic heterocycles. The first-order valence-electron chi connectivity index (χ1n) is 5.34. The molecule has 88 valence electrons. The van der Waals surface area contributed by atoms with Crippen molar-refractivity contribution < 1.29 is 14.6 Å². The Kier molecular flexibility index (Phi) is 5.01. The van der Waals surface area contributed by atoms with Crippen LogP contribution in [0.25, 0.3) is 0 Å². The van der Waals surface area contributed by atoms with Crippen molar-refractivity contribution in [2.75, 3.05) is 40.0 Å². The molecule has 0 aromatic carbocycles. The van der Waals surface area contributed by atoms with E-state index in [1.807, 2.05) is 14.0 Å². The van der Waals surface area contributed by atoms with E-state index in [2.05, 4.69) is 5.32 Å². The molecule has 1 heterocycles. The van der Waals surface area contributed by atoms with Gasteiger partial charge in [-0.25, -0.2) is 0 Å². The lowest BCUT2D eigenvalue weighted by Crippen LogP contribution is -2.52. The molecule has 0 radical (unpaired) electrons. The molecule has 0 bridgehead atoms. The molecule has 1 aliphatic heterocycles. The van der Waals surface area contributed by atoms with Crippen molar-refractivity contribution in [1.82, 2.24) is 10.2 Å². The normalized spacial score (nSPS) is 23.9. The van der Waals surface area contributed by atoms with Gasteiger partial charge >= 0.3 is 0 Å². The van der Waals surface area contributed by atoms with Crippen LogP contribution in [0.2, 0.25) is 0 Å². The fourth-order valence-corrected chi connectivity index (χ4v) is 1.77. The van der Waals surface area contributed by atoms with E-state index >= 15 is 0 Å². The fraction of sp³-hybridized carbons (Fsp3) is 0.900. The first kappa shape index (κ1) is 12.4.